The lowest BCUT2D eigenvalue weighted by Crippen LogP contribution is -2.18. The van der Waals surface area contributed by atoms with Crippen molar-refractivity contribution in [3.05, 3.63) is 48.0 Å². The van der Waals surface area contributed by atoms with Crippen LogP contribution >= 0.6 is 0 Å². The van der Waals surface area contributed by atoms with Crippen molar-refractivity contribution in [2.24, 2.45) is 0 Å². The minimum absolute atomic E-state index is 0.0149. The molecule has 0 saturated carbocycles. The average Bonchev–Trinajstić information content (AvgIpc) is 2.52. The number of nitrogens with one attached hydrogen (secondary N) is 1. The van der Waals surface area contributed by atoms with Crippen LogP contribution in [0, 0.1) is 0 Å². The Morgan fingerprint density at radius 2 is 1.67 bits per heavy atom. The molecule has 112 valence electrons. The molecule has 0 spiro atoms. The Kier molecular flexibility index (Phi) is 5.51. The standard InChI is InChI=1S/C16H21N3O2/c1-4-20-14-7-6-12(8-15(14)21-5-2)16(17-3)13-9-18-11-19-10-13/h6-11,16-17H,4-5H2,1-3H3. The zero-order chi connectivity index (χ0) is 15.1. The molecule has 0 fully saturated rings. The Bertz CT molecular complexity index is 561. The molecule has 5 heteroatoms. The average molecular weight is 287 g/mol. The van der Waals surface area contributed by atoms with Crippen LogP contribution in [0.2, 0.25) is 0 Å². The van der Waals surface area contributed by atoms with E-state index in [9.17, 15) is 0 Å². The minimum Gasteiger partial charge on any atom is -0.490 e. The van der Waals surface area contributed by atoms with Crippen molar-refractivity contribution in [1.29, 1.82) is 0 Å². The predicted octanol–water partition coefficient (Wildman–Crippen LogP) is 2.58. The maximum atomic E-state index is 5.68. The summed E-state index contributed by atoms with van der Waals surface area (Å²) in [5.41, 5.74) is 2.09. The highest BCUT2D eigenvalue weighted by atomic mass is 16.5. The van der Waals surface area contributed by atoms with Crippen molar-refractivity contribution in [2.45, 2.75) is 19.9 Å². The van der Waals surface area contributed by atoms with Crippen LogP contribution in [0.15, 0.2) is 36.9 Å². The number of hydrogen-bond acceptors (Lipinski definition) is 5. The van der Waals surface area contributed by atoms with Gasteiger partial charge in [-0.1, -0.05) is 6.07 Å². The lowest BCUT2D eigenvalue weighted by molar-refractivity contribution is 0.287. The number of hydrogen-bond donors (Lipinski definition) is 1. The first-order chi connectivity index (χ1) is 10.3. The van der Waals surface area contributed by atoms with E-state index >= 15 is 0 Å². The minimum atomic E-state index is 0.0149. The first-order valence-corrected chi connectivity index (χ1v) is 7.11. The highest BCUT2D eigenvalue weighted by molar-refractivity contribution is 5.45. The molecule has 0 amide bonds. The molecule has 0 aliphatic heterocycles. The van der Waals surface area contributed by atoms with Crippen LogP contribution in [0.5, 0.6) is 11.5 Å². The number of benzene rings is 1. The Hall–Kier alpha value is -2.14. The van der Waals surface area contributed by atoms with Crippen LogP contribution in [0.25, 0.3) is 0 Å². The van der Waals surface area contributed by atoms with Crippen LogP contribution in [-0.4, -0.2) is 30.2 Å². The molecule has 1 aromatic carbocycles. The molecule has 1 heterocycles. The number of nitrogens with zero attached hydrogens (tertiary/aromatic N) is 2. The van der Waals surface area contributed by atoms with E-state index in [2.05, 4.69) is 15.3 Å². The molecule has 0 aliphatic carbocycles. The summed E-state index contributed by atoms with van der Waals surface area (Å²) in [6.45, 7) is 5.13. The second kappa shape index (κ2) is 7.59. The van der Waals surface area contributed by atoms with Crippen molar-refractivity contribution < 1.29 is 9.47 Å². The number of ether oxygens (including phenoxy) is 2. The fourth-order valence-corrected chi connectivity index (χ4v) is 2.23. The predicted molar refractivity (Wildman–Crippen MR) is 81.7 cm³/mol. The highest BCUT2D eigenvalue weighted by Crippen LogP contribution is 2.32. The van der Waals surface area contributed by atoms with E-state index in [1.54, 1.807) is 0 Å². The summed E-state index contributed by atoms with van der Waals surface area (Å²) in [6.07, 6.45) is 5.15. The van der Waals surface area contributed by atoms with Gasteiger partial charge in [-0.15, -0.1) is 0 Å². The number of aromatic nitrogens is 2. The SMILES string of the molecule is CCOc1ccc(C(NC)c2cncnc2)cc1OCC. The van der Waals surface area contributed by atoms with Crippen LogP contribution < -0.4 is 14.8 Å². The van der Waals surface area contributed by atoms with Gasteiger partial charge in [-0.3, -0.25) is 0 Å². The quantitative estimate of drug-likeness (QED) is 0.848. The fourth-order valence-electron chi connectivity index (χ4n) is 2.23. The molecule has 1 unspecified atom stereocenters. The van der Waals surface area contributed by atoms with E-state index in [-0.39, 0.29) is 6.04 Å². The zero-order valence-electron chi connectivity index (χ0n) is 12.7. The van der Waals surface area contributed by atoms with Crippen LogP contribution in [0.4, 0.5) is 0 Å². The van der Waals surface area contributed by atoms with Gasteiger partial charge in [-0.2, -0.15) is 0 Å². The van der Waals surface area contributed by atoms with Crippen LogP contribution in [0.3, 0.4) is 0 Å². The molecule has 5 nitrogen and oxygen atoms in total. The van der Waals surface area contributed by atoms with E-state index in [1.165, 1.54) is 6.33 Å². The van der Waals surface area contributed by atoms with Gasteiger partial charge in [0.1, 0.15) is 6.33 Å². The summed E-state index contributed by atoms with van der Waals surface area (Å²) < 4.78 is 11.3. The monoisotopic (exact) mass is 287 g/mol. The topological polar surface area (TPSA) is 56.3 Å². The van der Waals surface area contributed by atoms with Gasteiger partial charge in [0.05, 0.1) is 19.3 Å². The fraction of sp³-hybridized carbons (Fsp3) is 0.375. The molecule has 0 bridgehead atoms. The third kappa shape index (κ3) is 3.70. The lowest BCUT2D eigenvalue weighted by atomic mass is 10.0. The first-order valence-electron chi connectivity index (χ1n) is 7.11. The molecule has 2 aromatic rings. The second-order valence-corrected chi connectivity index (χ2v) is 4.47. The molecule has 0 aliphatic rings. The zero-order valence-corrected chi connectivity index (χ0v) is 12.7. The van der Waals surface area contributed by atoms with E-state index in [0.29, 0.717) is 13.2 Å². The molecule has 21 heavy (non-hydrogen) atoms. The summed E-state index contributed by atoms with van der Waals surface area (Å²) in [7, 11) is 1.91. The number of rotatable bonds is 7. The van der Waals surface area contributed by atoms with Gasteiger partial charge in [0, 0.05) is 18.0 Å². The summed E-state index contributed by atoms with van der Waals surface area (Å²) in [5.74, 6) is 1.52. The van der Waals surface area contributed by atoms with Gasteiger partial charge in [-0.25, -0.2) is 9.97 Å². The molecular formula is C16H21N3O2. The largest absolute Gasteiger partial charge is 0.490 e. The van der Waals surface area contributed by atoms with E-state index in [4.69, 9.17) is 9.47 Å². The van der Waals surface area contributed by atoms with Gasteiger partial charge in [0.25, 0.3) is 0 Å². The molecule has 0 saturated heterocycles. The molecule has 0 radical (unpaired) electrons. The third-order valence-corrected chi connectivity index (χ3v) is 3.10. The Labute approximate surface area is 125 Å². The molecule has 2 rings (SSSR count). The van der Waals surface area contributed by atoms with Crippen molar-refractivity contribution in [2.75, 3.05) is 20.3 Å². The van der Waals surface area contributed by atoms with Crippen molar-refractivity contribution >= 4 is 0 Å². The third-order valence-electron chi connectivity index (χ3n) is 3.10. The van der Waals surface area contributed by atoms with Crippen molar-refractivity contribution in [1.82, 2.24) is 15.3 Å². The summed E-state index contributed by atoms with van der Waals surface area (Å²) >= 11 is 0. The van der Waals surface area contributed by atoms with Gasteiger partial charge >= 0.3 is 0 Å². The Morgan fingerprint density at radius 3 is 2.29 bits per heavy atom. The van der Waals surface area contributed by atoms with Crippen molar-refractivity contribution in [3.63, 3.8) is 0 Å². The lowest BCUT2D eigenvalue weighted by Gasteiger charge is -2.19. The van der Waals surface area contributed by atoms with Crippen LogP contribution in [0.1, 0.15) is 31.0 Å². The maximum Gasteiger partial charge on any atom is 0.161 e. The summed E-state index contributed by atoms with van der Waals surface area (Å²) in [5, 5.41) is 3.28. The second-order valence-electron chi connectivity index (χ2n) is 4.47. The van der Waals surface area contributed by atoms with E-state index in [1.807, 2.05) is 51.5 Å². The Morgan fingerprint density at radius 1 is 1.00 bits per heavy atom. The highest BCUT2D eigenvalue weighted by Gasteiger charge is 2.15. The van der Waals surface area contributed by atoms with Gasteiger partial charge < -0.3 is 14.8 Å². The summed E-state index contributed by atoms with van der Waals surface area (Å²) in [6, 6.07) is 5.99. The first kappa shape index (κ1) is 15.3. The van der Waals surface area contributed by atoms with Gasteiger partial charge in [0.2, 0.25) is 0 Å². The smallest absolute Gasteiger partial charge is 0.161 e. The summed E-state index contributed by atoms with van der Waals surface area (Å²) in [4.78, 5) is 8.16. The normalized spacial score (nSPS) is 12.0. The van der Waals surface area contributed by atoms with E-state index in [0.717, 1.165) is 22.6 Å². The molecule has 1 atom stereocenters. The molecular weight excluding hydrogens is 266 g/mol. The van der Waals surface area contributed by atoms with Gasteiger partial charge in [0.15, 0.2) is 11.5 Å². The molecule has 1 aromatic heterocycles. The maximum absolute atomic E-state index is 5.68. The Balaban J connectivity index is 2.35. The van der Waals surface area contributed by atoms with E-state index < -0.39 is 0 Å². The van der Waals surface area contributed by atoms with Crippen LogP contribution in [-0.2, 0) is 0 Å². The molecule has 1 N–H and O–H groups in total. The van der Waals surface area contributed by atoms with Gasteiger partial charge in [-0.05, 0) is 38.6 Å². The van der Waals surface area contributed by atoms with Crippen molar-refractivity contribution in [3.8, 4) is 11.5 Å².